The highest BCUT2D eigenvalue weighted by Crippen LogP contribution is 2.11. The molecule has 2 heteroatoms. The second kappa shape index (κ2) is 6.77. The molecule has 1 rings (SSSR count). The lowest BCUT2D eigenvalue weighted by molar-refractivity contribution is 0.409. The highest BCUT2D eigenvalue weighted by molar-refractivity contribution is 5.30. The molecule has 0 amide bonds. The number of aryl methyl sites for hydroxylation is 2. The number of nitrogens with two attached hydrogens (primary N) is 1. The Kier molecular flexibility index (Phi) is 5.66. The third-order valence-corrected chi connectivity index (χ3v) is 3.36. The fourth-order valence-corrected chi connectivity index (χ4v) is 2.11. The van der Waals surface area contributed by atoms with Gasteiger partial charge in [-0.3, -0.25) is 0 Å². The number of hydrogen-bond acceptors (Lipinski definition) is 2. The van der Waals surface area contributed by atoms with Gasteiger partial charge in [-0.2, -0.15) is 0 Å². The molecule has 3 N–H and O–H groups in total. The number of nitrogens with one attached hydrogen (secondary N) is 1. The molecule has 2 nitrogen and oxygen atoms in total. The SMILES string of the molecule is Cc1ccc(CCNC(CN)C(C)C)c(C)c1. The van der Waals surface area contributed by atoms with E-state index < -0.39 is 0 Å². The van der Waals surface area contributed by atoms with Gasteiger partial charge < -0.3 is 11.1 Å². The summed E-state index contributed by atoms with van der Waals surface area (Å²) in [5, 5.41) is 3.53. The summed E-state index contributed by atoms with van der Waals surface area (Å²) in [6.45, 7) is 10.5. The molecule has 0 saturated heterocycles. The first-order valence-corrected chi connectivity index (χ1v) is 6.54. The predicted molar refractivity (Wildman–Crippen MR) is 75.3 cm³/mol. The van der Waals surface area contributed by atoms with E-state index in [1.807, 2.05) is 0 Å². The largest absolute Gasteiger partial charge is 0.329 e. The molecular formula is C15H26N2. The summed E-state index contributed by atoms with van der Waals surface area (Å²) in [4.78, 5) is 0. The maximum atomic E-state index is 5.74. The van der Waals surface area contributed by atoms with Gasteiger partial charge in [-0.1, -0.05) is 37.6 Å². The first-order chi connectivity index (χ1) is 8.04. The van der Waals surface area contributed by atoms with Crippen LogP contribution in [0.2, 0.25) is 0 Å². The minimum atomic E-state index is 0.431. The molecule has 0 saturated carbocycles. The second-order valence-electron chi connectivity index (χ2n) is 5.22. The molecule has 0 aliphatic rings. The van der Waals surface area contributed by atoms with E-state index >= 15 is 0 Å². The van der Waals surface area contributed by atoms with Crippen LogP contribution in [0.3, 0.4) is 0 Å². The smallest absolute Gasteiger partial charge is 0.0213 e. The standard InChI is InChI=1S/C15H26N2/c1-11(2)15(10-16)17-8-7-14-6-5-12(3)9-13(14)4/h5-6,9,11,15,17H,7-8,10,16H2,1-4H3. The fourth-order valence-electron chi connectivity index (χ4n) is 2.11. The summed E-state index contributed by atoms with van der Waals surface area (Å²) in [6.07, 6.45) is 1.08. The van der Waals surface area contributed by atoms with Crippen LogP contribution in [-0.2, 0) is 6.42 Å². The lowest BCUT2D eigenvalue weighted by Crippen LogP contribution is -2.41. The van der Waals surface area contributed by atoms with Crippen LogP contribution >= 0.6 is 0 Å². The van der Waals surface area contributed by atoms with Gasteiger partial charge in [0, 0.05) is 12.6 Å². The summed E-state index contributed by atoms with van der Waals surface area (Å²) in [7, 11) is 0. The van der Waals surface area contributed by atoms with E-state index in [1.165, 1.54) is 16.7 Å². The molecule has 0 aromatic heterocycles. The van der Waals surface area contributed by atoms with Crippen molar-refractivity contribution < 1.29 is 0 Å². The van der Waals surface area contributed by atoms with Crippen molar-refractivity contribution in [3.05, 3.63) is 34.9 Å². The van der Waals surface area contributed by atoms with E-state index in [4.69, 9.17) is 5.73 Å². The molecule has 1 atom stereocenters. The Morgan fingerprint density at radius 1 is 1.24 bits per heavy atom. The van der Waals surface area contributed by atoms with Crippen molar-refractivity contribution in [2.24, 2.45) is 11.7 Å². The van der Waals surface area contributed by atoms with E-state index in [0.29, 0.717) is 18.5 Å². The average Bonchev–Trinajstić information content (AvgIpc) is 2.26. The van der Waals surface area contributed by atoms with Crippen LogP contribution < -0.4 is 11.1 Å². The van der Waals surface area contributed by atoms with Crippen molar-refractivity contribution in [1.82, 2.24) is 5.32 Å². The van der Waals surface area contributed by atoms with Crippen LogP contribution in [0.5, 0.6) is 0 Å². The number of rotatable bonds is 6. The third kappa shape index (κ3) is 4.49. The molecule has 1 aromatic rings. The maximum Gasteiger partial charge on any atom is 0.0213 e. The minimum Gasteiger partial charge on any atom is -0.329 e. The van der Waals surface area contributed by atoms with Gasteiger partial charge in [0.05, 0.1) is 0 Å². The van der Waals surface area contributed by atoms with Gasteiger partial charge in [0.15, 0.2) is 0 Å². The quantitative estimate of drug-likeness (QED) is 0.793. The lowest BCUT2D eigenvalue weighted by Gasteiger charge is -2.20. The molecule has 96 valence electrons. The second-order valence-corrected chi connectivity index (χ2v) is 5.22. The van der Waals surface area contributed by atoms with Gasteiger partial charge in [0.1, 0.15) is 0 Å². The molecule has 1 aromatic carbocycles. The van der Waals surface area contributed by atoms with Crippen molar-refractivity contribution in [3.63, 3.8) is 0 Å². The van der Waals surface area contributed by atoms with Gasteiger partial charge in [0.25, 0.3) is 0 Å². The fraction of sp³-hybridized carbons (Fsp3) is 0.600. The van der Waals surface area contributed by atoms with Gasteiger partial charge in [-0.15, -0.1) is 0 Å². The van der Waals surface area contributed by atoms with Gasteiger partial charge in [-0.05, 0) is 43.9 Å². The summed E-state index contributed by atoms with van der Waals surface area (Å²) in [5.74, 6) is 0.596. The molecule has 17 heavy (non-hydrogen) atoms. The van der Waals surface area contributed by atoms with Crippen LogP contribution in [0, 0.1) is 19.8 Å². The number of benzene rings is 1. The zero-order valence-electron chi connectivity index (χ0n) is 11.6. The molecule has 0 bridgehead atoms. The summed E-state index contributed by atoms with van der Waals surface area (Å²) in [6, 6.07) is 7.10. The highest BCUT2D eigenvalue weighted by atomic mass is 14.9. The average molecular weight is 234 g/mol. The van der Waals surface area contributed by atoms with Crippen molar-refractivity contribution in [2.45, 2.75) is 40.2 Å². The van der Waals surface area contributed by atoms with Crippen LogP contribution in [0.1, 0.15) is 30.5 Å². The van der Waals surface area contributed by atoms with E-state index in [0.717, 1.165) is 13.0 Å². The zero-order chi connectivity index (χ0) is 12.8. The van der Waals surface area contributed by atoms with E-state index in [-0.39, 0.29) is 0 Å². The Balaban J connectivity index is 2.45. The van der Waals surface area contributed by atoms with Gasteiger partial charge in [-0.25, -0.2) is 0 Å². The lowest BCUT2D eigenvalue weighted by atomic mass is 10.0. The van der Waals surface area contributed by atoms with Crippen LogP contribution in [0.15, 0.2) is 18.2 Å². The van der Waals surface area contributed by atoms with Crippen LogP contribution in [0.4, 0.5) is 0 Å². The first kappa shape index (κ1) is 14.2. The Bertz CT molecular complexity index is 345. The Hall–Kier alpha value is -0.860. The summed E-state index contributed by atoms with van der Waals surface area (Å²) < 4.78 is 0. The van der Waals surface area contributed by atoms with Gasteiger partial charge in [0.2, 0.25) is 0 Å². The molecule has 1 unspecified atom stereocenters. The molecule has 0 aliphatic carbocycles. The Morgan fingerprint density at radius 2 is 1.94 bits per heavy atom. The third-order valence-electron chi connectivity index (χ3n) is 3.36. The minimum absolute atomic E-state index is 0.431. The Labute approximate surface area is 106 Å². The normalized spacial score (nSPS) is 13.1. The molecular weight excluding hydrogens is 208 g/mol. The van der Waals surface area contributed by atoms with Crippen molar-refractivity contribution in [2.75, 3.05) is 13.1 Å². The van der Waals surface area contributed by atoms with Crippen molar-refractivity contribution >= 4 is 0 Å². The van der Waals surface area contributed by atoms with Crippen molar-refractivity contribution in [3.8, 4) is 0 Å². The van der Waals surface area contributed by atoms with Crippen molar-refractivity contribution in [1.29, 1.82) is 0 Å². The molecule has 0 aliphatic heterocycles. The molecule has 0 fully saturated rings. The van der Waals surface area contributed by atoms with E-state index in [9.17, 15) is 0 Å². The maximum absolute atomic E-state index is 5.74. The monoisotopic (exact) mass is 234 g/mol. The van der Waals surface area contributed by atoms with E-state index in [2.05, 4.69) is 51.2 Å². The van der Waals surface area contributed by atoms with Gasteiger partial charge >= 0.3 is 0 Å². The topological polar surface area (TPSA) is 38.0 Å². The summed E-state index contributed by atoms with van der Waals surface area (Å²) >= 11 is 0. The van der Waals surface area contributed by atoms with Crippen LogP contribution in [-0.4, -0.2) is 19.1 Å². The van der Waals surface area contributed by atoms with E-state index in [1.54, 1.807) is 0 Å². The summed E-state index contributed by atoms with van der Waals surface area (Å²) in [5.41, 5.74) is 9.90. The molecule has 0 heterocycles. The Morgan fingerprint density at radius 3 is 2.47 bits per heavy atom. The van der Waals surface area contributed by atoms with Crippen LogP contribution in [0.25, 0.3) is 0 Å². The molecule has 0 spiro atoms. The molecule has 0 radical (unpaired) electrons. The predicted octanol–water partition coefficient (Wildman–Crippen LogP) is 2.42. The number of hydrogen-bond donors (Lipinski definition) is 2. The first-order valence-electron chi connectivity index (χ1n) is 6.54. The zero-order valence-corrected chi connectivity index (χ0v) is 11.6. The highest BCUT2D eigenvalue weighted by Gasteiger charge is 2.09.